The molecule has 108 valence electrons. The number of nitro groups is 1. The second kappa shape index (κ2) is 5.09. The van der Waals surface area contributed by atoms with Crippen molar-refractivity contribution in [2.75, 3.05) is 17.2 Å². The predicted molar refractivity (Wildman–Crippen MR) is 83.4 cm³/mol. The van der Waals surface area contributed by atoms with Gasteiger partial charge in [0.15, 0.2) is 0 Å². The zero-order valence-electron chi connectivity index (χ0n) is 11.9. The molecule has 0 saturated carbocycles. The molecule has 0 bridgehead atoms. The number of aryl methyl sites for hydroxylation is 1. The van der Waals surface area contributed by atoms with Gasteiger partial charge in [0.2, 0.25) is 0 Å². The van der Waals surface area contributed by atoms with Crippen LogP contribution in [0.2, 0.25) is 0 Å². The Morgan fingerprint density at radius 1 is 1.29 bits per heavy atom. The number of hydrogen-bond donors (Lipinski definition) is 1. The Balaban J connectivity index is 1.96. The summed E-state index contributed by atoms with van der Waals surface area (Å²) in [6.45, 7) is 3.42. The van der Waals surface area contributed by atoms with Crippen LogP contribution in [-0.4, -0.2) is 11.5 Å². The van der Waals surface area contributed by atoms with Gasteiger partial charge in [-0.1, -0.05) is 12.1 Å². The summed E-state index contributed by atoms with van der Waals surface area (Å²) in [5, 5.41) is 11.0. The Hall–Kier alpha value is -2.56. The summed E-state index contributed by atoms with van der Waals surface area (Å²) >= 11 is 0. The van der Waals surface area contributed by atoms with Crippen molar-refractivity contribution in [3.8, 4) is 0 Å². The molecule has 0 saturated heterocycles. The first kappa shape index (κ1) is 13.4. The van der Waals surface area contributed by atoms with E-state index in [0.29, 0.717) is 6.54 Å². The lowest BCUT2D eigenvalue weighted by Crippen LogP contribution is -2.31. The van der Waals surface area contributed by atoms with Crippen LogP contribution in [0.25, 0.3) is 0 Å². The van der Waals surface area contributed by atoms with Gasteiger partial charge in [0, 0.05) is 36.6 Å². The third kappa shape index (κ3) is 2.54. The Bertz CT molecular complexity index is 713. The van der Waals surface area contributed by atoms with Crippen LogP contribution in [0.15, 0.2) is 36.4 Å². The van der Waals surface area contributed by atoms with Crippen molar-refractivity contribution in [1.82, 2.24) is 0 Å². The predicted octanol–water partition coefficient (Wildman–Crippen LogP) is 3.05. The number of fused-ring (bicyclic) bond motifs is 1. The quantitative estimate of drug-likeness (QED) is 0.522. The van der Waals surface area contributed by atoms with Crippen LogP contribution in [0.4, 0.5) is 17.1 Å². The molecule has 0 radical (unpaired) electrons. The Kier molecular flexibility index (Phi) is 3.25. The van der Waals surface area contributed by atoms with E-state index < -0.39 is 0 Å². The Morgan fingerprint density at radius 2 is 2.10 bits per heavy atom. The summed E-state index contributed by atoms with van der Waals surface area (Å²) in [6, 6.07) is 11.2. The highest BCUT2D eigenvalue weighted by Gasteiger charge is 2.20. The normalized spacial score (nSPS) is 13.9. The van der Waals surface area contributed by atoms with Gasteiger partial charge < -0.3 is 10.6 Å². The average Bonchev–Trinajstić information content (AvgIpc) is 2.46. The number of nitrogens with zero attached hydrogens (tertiary/aromatic N) is 2. The smallest absolute Gasteiger partial charge is 0.271 e. The van der Waals surface area contributed by atoms with E-state index in [1.807, 2.05) is 25.1 Å². The van der Waals surface area contributed by atoms with Crippen molar-refractivity contribution in [3.63, 3.8) is 0 Å². The first-order valence-electron chi connectivity index (χ1n) is 6.92. The van der Waals surface area contributed by atoms with Crippen LogP contribution in [0.1, 0.15) is 16.7 Å². The largest absolute Gasteiger partial charge is 0.398 e. The second-order valence-corrected chi connectivity index (χ2v) is 5.44. The van der Waals surface area contributed by atoms with Crippen LogP contribution >= 0.6 is 0 Å². The molecule has 3 rings (SSSR count). The summed E-state index contributed by atoms with van der Waals surface area (Å²) in [5.41, 5.74) is 11.2. The van der Waals surface area contributed by atoms with Crippen molar-refractivity contribution in [2.24, 2.45) is 0 Å². The van der Waals surface area contributed by atoms with Gasteiger partial charge in [-0.05, 0) is 42.2 Å². The lowest BCUT2D eigenvalue weighted by molar-refractivity contribution is -0.384. The van der Waals surface area contributed by atoms with E-state index in [9.17, 15) is 10.1 Å². The third-order valence-corrected chi connectivity index (χ3v) is 3.93. The summed E-state index contributed by atoms with van der Waals surface area (Å²) in [7, 11) is 0. The van der Waals surface area contributed by atoms with Crippen LogP contribution in [0, 0.1) is 17.0 Å². The number of benzene rings is 2. The van der Waals surface area contributed by atoms with Crippen molar-refractivity contribution < 1.29 is 4.92 Å². The van der Waals surface area contributed by atoms with Gasteiger partial charge in [-0.25, -0.2) is 0 Å². The molecular formula is C16H17N3O2. The fraction of sp³-hybridized carbons (Fsp3) is 0.250. The van der Waals surface area contributed by atoms with Gasteiger partial charge in [-0.2, -0.15) is 0 Å². The molecule has 1 aliphatic heterocycles. The van der Waals surface area contributed by atoms with E-state index in [1.54, 1.807) is 12.1 Å². The number of anilines is 2. The number of rotatable bonds is 2. The van der Waals surface area contributed by atoms with Crippen LogP contribution in [-0.2, 0) is 13.0 Å². The molecule has 2 aromatic rings. The van der Waals surface area contributed by atoms with Crippen LogP contribution in [0.3, 0.4) is 0 Å². The number of nitro benzene ring substituents is 1. The fourth-order valence-electron chi connectivity index (χ4n) is 2.86. The zero-order valence-corrected chi connectivity index (χ0v) is 11.9. The summed E-state index contributed by atoms with van der Waals surface area (Å²) in [6.07, 6.45) is 0.905. The maximum Gasteiger partial charge on any atom is 0.271 e. The molecule has 0 atom stereocenters. The Morgan fingerprint density at radius 3 is 2.86 bits per heavy atom. The molecule has 21 heavy (non-hydrogen) atoms. The minimum atomic E-state index is -0.344. The van der Waals surface area contributed by atoms with Crippen molar-refractivity contribution in [2.45, 2.75) is 19.9 Å². The molecular weight excluding hydrogens is 266 g/mol. The summed E-state index contributed by atoms with van der Waals surface area (Å²) < 4.78 is 0. The number of nitrogen functional groups attached to an aromatic ring is 1. The average molecular weight is 283 g/mol. The molecule has 0 unspecified atom stereocenters. The molecule has 1 aliphatic rings. The van der Waals surface area contributed by atoms with Crippen molar-refractivity contribution >= 4 is 17.1 Å². The molecule has 5 heteroatoms. The molecule has 2 aromatic carbocycles. The summed E-state index contributed by atoms with van der Waals surface area (Å²) in [5.74, 6) is 0. The standard InChI is InChI=1S/C16H17N3O2/c1-11-7-13(9-14(8-11)19(20)21)18-6-5-12-3-2-4-16(17)15(12)10-18/h2-4,7-9H,5-6,10,17H2,1H3. The van der Waals surface area contributed by atoms with Gasteiger partial charge >= 0.3 is 0 Å². The molecule has 5 nitrogen and oxygen atoms in total. The lowest BCUT2D eigenvalue weighted by Gasteiger charge is -2.31. The number of nitrogens with two attached hydrogens (primary N) is 1. The fourth-order valence-corrected chi connectivity index (χ4v) is 2.86. The maximum absolute atomic E-state index is 11.0. The Labute approximate surface area is 123 Å². The maximum atomic E-state index is 11.0. The first-order valence-corrected chi connectivity index (χ1v) is 6.92. The van der Waals surface area contributed by atoms with Crippen molar-refractivity contribution in [1.29, 1.82) is 0 Å². The number of non-ortho nitro benzene ring substituents is 1. The van der Waals surface area contributed by atoms with E-state index in [0.717, 1.165) is 35.5 Å². The second-order valence-electron chi connectivity index (χ2n) is 5.44. The molecule has 1 heterocycles. The van der Waals surface area contributed by atoms with Gasteiger partial charge in [0.05, 0.1) is 4.92 Å². The first-order chi connectivity index (χ1) is 10.0. The van der Waals surface area contributed by atoms with Crippen LogP contribution < -0.4 is 10.6 Å². The molecule has 0 amide bonds. The summed E-state index contributed by atoms with van der Waals surface area (Å²) in [4.78, 5) is 12.8. The zero-order chi connectivity index (χ0) is 15.0. The topological polar surface area (TPSA) is 72.4 Å². The number of hydrogen-bond acceptors (Lipinski definition) is 4. The van der Waals surface area contributed by atoms with E-state index >= 15 is 0 Å². The molecule has 0 aliphatic carbocycles. The van der Waals surface area contributed by atoms with E-state index in [1.165, 1.54) is 5.56 Å². The van der Waals surface area contributed by atoms with Gasteiger partial charge in [-0.15, -0.1) is 0 Å². The van der Waals surface area contributed by atoms with E-state index in [4.69, 9.17) is 5.73 Å². The molecule has 0 spiro atoms. The van der Waals surface area contributed by atoms with E-state index in [-0.39, 0.29) is 10.6 Å². The SMILES string of the molecule is Cc1cc(N2CCc3cccc(N)c3C2)cc([N+](=O)[O-])c1. The highest BCUT2D eigenvalue weighted by Crippen LogP contribution is 2.30. The molecule has 2 N–H and O–H groups in total. The molecule has 0 aromatic heterocycles. The van der Waals surface area contributed by atoms with Crippen molar-refractivity contribution in [3.05, 3.63) is 63.2 Å². The third-order valence-electron chi connectivity index (χ3n) is 3.93. The lowest BCUT2D eigenvalue weighted by atomic mass is 9.97. The van der Waals surface area contributed by atoms with Gasteiger partial charge in [0.1, 0.15) is 0 Å². The monoisotopic (exact) mass is 283 g/mol. The van der Waals surface area contributed by atoms with E-state index in [2.05, 4.69) is 11.0 Å². The minimum Gasteiger partial charge on any atom is -0.398 e. The minimum absolute atomic E-state index is 0.136. The van der Waals surface area contributed by atoms with Gasteiger partial charge in [0.25, 0.3) is 5.69 Å². The molecule has 0 fully saturated rings. The van der Waals surface area contributed by atoms with Crippen LogP contribution in [0.5, 0.6) is 0 Å². The van der Waals surface area contributed by atoms with Gasteiger partial charge in [-0.3, -0.25) is 10.1 Å². The highest BCUT2D eigenvalue weighted by molar-refractivity contribution is 5.60. The highest BCUT2D eigenvalue weighted by atomic mass is 16.6.